The number of hydrogen-bond donors (Lipinski definition) is 0. The second-order valence-corrected chi connectivity index (χ2v) is 5.84. The highest BCUT2D eigenvalue weighted by atomic mass is 35.5. The molecule has 0 aliphatic carbocycles. The van der Waals surface area contributed by atoms with Gasteiger partial charge in [-0.2, -0.15) is 0 Å². The van der Waals surface area contributed by atoms with Gasteiger partial charge in [-0.15, -0.1) is 0 Å². The van der Waals surface area contributed by atoms with E-state index in [0.29, 0.717) is 10.4 Å². The van der Waals surface area contributed by atoms with Gasteiger partial charge in [0.15, 0.2) is 0 Å². The van der Waals surface area contributed by atoms with Gasteiger partial charge in [0.1, 0.15) is 5.82 Å². The van der Waals surface area contributed by atoms with Gasteiger partial charge in [0, 0.05) is 18.1 Å². The minimum atomic E-state index is -0.245. The molecular weight excluding hydrogens is 237 g/mol. The van der Waals surface area contributed by atoms with Crippen LogP contribution in [-0.4, -0.2) is 18.0 Å². The molecule has 2 rings (SSSR count). The van der Waals surface area contributed by atoms with E-state index in [1.54, 1.807) is 6.07 Å². The summed E-state index contributed by atoms with van der Waals surface area (Å²) in [7, 11) is 0. The Kier molecular flexibility index (Phi) is 3.74. The van der Waals surface area contributed by atoms with Crippen LogP contribution in [0.3, 0.4) is 0 Å². The lowest BCUT2D eigenvalue weighted by atomic mass is 9.87. The van der Waals surface area contributed by atoms with Crippen LogP contribution in [0.25, 0.3) is 0 Å². The molecule has 0 unspecified atom stereocenters. The van der Waals surface area contributed by atoms with E-state index in [2.05, 4.69) is 18.7 Å². The minimum Gasteiger partial charge on any atom is -0.299 e. The van der Waals surface area contributed by atoms with E-state index < -0.39 is 0 Å². The first-order valence-electron chi connectivity index (χ1n) is 6.18. The van der Waals surface area contributed by atoms with Crippen LogP contribution < -0.4 is 0 Å². The van der Waals surface area contributed by atoms with Gasteiger partial charge in [-0.25, -0.2) is 4.39 Å². The summed E-state index contributed by atoms with van der Waals surface area (Å²) in [6, 6.07) is 4.78. The number of benzene rings is 1. The van der Waals surface area contributed by atoms with Gasteiger partial charge >= 0.3 is 0 Å². The molecule has 0 amide bonds. The fraction of sp³-hybridized carbons (Fsp3) is 0.571. The summed E-state index contributed by atoms with van der Waals surface area (Å²) in [5.74, 6) is -0.245. The molecule has 1 aliphatic rings. The van der Waals surface area contributed by atoms with Gasteiger partial charge in [0.2, 0.25) is 0 Å². The summed E-state index contributed by atoms with van der Waals surface area (Å²) in [5, 5.41) is 0.484. The first-order valence-corrected chi connectivity index (χ1v) is 6.56. The lowest BCUT2D eigenvalue weighted by Gasteiger charge is -2.22. The maximum atomic E-state index is 13.2. The Morgan fingerprint density at radius 2 is 2.18 bits per heavy atom. The first kappa shape index (κ1) is 12.8. The van der Waals surface area contributed by atoms with Crippen molar-refractivity contribution in [3.05, 3.63) is 34.6 Å². The first-order chi connectivity index (χ1) is 8.00. The van der Waals surface area contributed by atoms with Crippen LogP contribution >= 0.6 is 11.6 Å². The maximum absolute atomic E-state index is 13.2. The van der Waals surface area contributed by atoms with Gasteiger partial charge in [-0.3, -0.25) is 4.90 Å². The van der Waals surface area contributed by atoms with Crippen molar-refractivity contribution in [2.24, 2.45) is 5.41 Å². The van der Waals surface area contributed by atoms with Crippen molar-refractivity contribution < 1.29 is 4.39 Å². The molecule has 0 saturated carbocycles. The smallest absolute Gasteiger partial charge is 0.125 e. The summed E-state index contributed by atoms with van der Waals surface area (Å²) in [5.41, 5.74) is 1.40. The molecule has 1 aromatic carbocycles. The Morgan fingerprint density at radius 3 is 2.76 bits per heavy atom. The molecule has 1 nitrogen and oxygen atoms in total. The third-order valence-electron chi connectivity index (χ3n) is 3.82. The van der Waals surface area contributed by atoms with Gasteiger partial charge in [0.25, 0.3) is 0 Å². The van der Waals surface area contributed by atoms with Crippen LogP contribution in [-0.2, 0) is 6.54 Å². The second-order valence-electron chi connectivity index (χ2n) is 5.40. The predicted molar refractivity (Wildman–Crippen MR) is 69.7 cm³/mol. The summed E-state index contributed by atoms with van der Waals surface area (Å²) < 4.78 is 13.2. The summed E-state index contributed by atoms with van der Waals surface area (Å²) in [6.07, 6.45) is 2.43. The second kappa shape index (κ2) is 4.95. The highest BCUT2D eigenvalue weighted by molar-refractivity contribution is 6.30. The third-order valence-corrected chi connectivity index (χ3v) is 4.04. The maximum Gasteiger partial charge on any atom is 0.125 e. The molecule has 1 atom stereocenters. The lowest BCUT2D eigenvalue weighted by Crippen LogP contribution is -2.24. The molecule has 0 spiro atoms. The molecular formula is C14H19ClFN. The van der Waals surface area contributed by atoms with Crippen LogP contribution in [0.1, 0.15) is 32.3 Å². The molecule has 0 bridgehead atoms. The molecule has 0 radical (unpaired) electrons. The van der Waals surface area contributed by atoms with Crippen LogP contribution in [0.4, 0.5) is 4.39 Å². The lowest BCUT2D eigenvalue weighted by molar-refractivity contribution is 0.263. The Labute approximate surface area is 108 Å². The quantitative estimate of drug-likeness (QED) is 0.786. The van der Waals surface area contributed by atoms with E-state index in [4.69, 9.17) is 11.6 Å². The van der Waals surface area contributed by atoms with E-state index >= 15 is 0 Å². The Hall–Kier alpha value is -0.600. The third kappa shape index (κ3) is 3.20. The van der Waals surface area contributed by atoms with Crippen molar-refractivity contribution in [1.29, 1.82) is 0 Å². The summed E-state index contributed by atoms with van der Waals surface area (Å²) >= 11 is 5.86. The fourth-order valence-corrected chi connectivity index (χ4v) is 2.75. The number of nitrogens with zero attached hydrogens (tertiary/aromatic N) is 1. The molecule has 1 fully saturated rings. The minimum absolute atomic E-state index is 0.245. The zero-order chi connectivity index (χ0) is 12.5. The van der Waals surface area contributed by atoms with Crippen molar-refractivity contribution in [2.45, 2.75) is 33.2 Å². The molecule has 0 N–H and O–H groups in total. The highest BCUT2D eigenvalue weighted by Crippen LogP contribution is 2.33. The van der Waals surface area contributed by atoms with Crippen molar-refractivity contribution in [2.75, 3.05) is 13.1 Å². The Bertz CT molecular complexity index is 387. The van der Waals surface area contributed by atoms with Gasteiger partial charge in [-0.1, -0.05) is 25.4 Å². The average molecular weight is 256 g/mol. The monoisotopic (exact) mass is 255 g/mol. The van der Waals surface area contributed by atoms with Crippen LogP contribution in [0.5, 0.6) is 0 Å². The number of halogens is 2. The van der Waals surface area contributed by atoms with Crippen molar-refractivity contribution in [1.82, 2.24) is 4.90 Å². The van der Waals surface area contributed by atoms with E-state index in [1.165, 1.54) is 18.9 Å². The predicted octanol–water partition coefficient (Wildman–Crippen LogP) is 4.10. The van der Waals surface area contributed by atoms with Crippen LogP contribution in [0.15, 0.2) is 18.2 Å². The van der Waals surface area contributed by atoms with E-state index in [1.807, 2.05) is 6.07 Å². The van der Waals surface area contributed by atoms with Crippen LogP contribution in [0, 0.1) is 11.2 Å². The van der Waals surface area contributed by atoms with E-state index in [0.717, 1.165) is 25.2 Å². The number of likely N-dealkylation sites (tertiary alicyclic amines) is 1. The van der Waals surface area contributed by atoms with Gasteiger partial charge in [0.05, 0.1) is 0 Å². The van der Waals surface area contributed by atoms with E-state index in [-0.39, 0.29) is 5.82 Å². The zero-order valence-corrected chi connectivity index (χ0v) is 11.2. The summed E-state index contributed by atoms with van der Waals surface area (Å²) in [6.45, 7) is 7.55. The molecule has 94 valence electrons. The van der Waals surface area contributed by atoms with Crippen molar-refractivity contribution in [3.8, 4) is 0 Å². The Balaban J connectivity index is 2.02. The molecule has 1 aromatic rings. The average Bonchev–Trinajstić information content (AvgIpc) is 2.59. The largest absolute Gasteiger partial charge is 0.299 e. The standard InChI is InChI=1S/C14H19ClFN/c1-3-14(2)4-5-17(10-14)9-11-6-12(15)8-13(16)7-11/h6-8H,3-5,9-10H2,1-2H3/t14-/m1/s1. The zero-order valence-electron chi connectivity index (χ0n) is 10.5. The topological polar surface area (TPSA) is 3.24 Å². The number of hydrogen-bond acceptors (Lipinski definition) is 1. The molecule has 1 aliphatic heterocycles. The molecule has 1 saturated heterocycles. The number of rotatable bonds is 3. The molecule has 1 heterocycles. The SMILES string of the molecule is CC[C@]1(C)CCN(Cc2cc(F)cc(Cl)c2)C1. The van der Waals surface area contributed by atoms with Gasteiger partial charge < -0.3 is 0 Å². The normalized spacial score (nSPS) is 25.4. The summed E-state index contributed by atoms with van der Waals surface area (Å²) in [4.78, 5) is 2.38. The van der Waals surface area contributed by atoms with Gasteiger partial charge in [-0.05, 0) is 48.6 Å². The molecule has 17 heavy (non-hydrogen) atoms. The molecule has 3 heteroatoms. The van der Waals surface area contributed by atoms with Crippen LogP contribution in [0.2, 0.25) is 5.02 Å². The fourth-order valence-electron chi connectivity index (χ4n) is 2.51. The van der Waals surface area contributed by atoms with E-state index in [9.17, 15) is 4.39 Å². The van der Waals surface area contributed by atoms with Crippen molar-refractivity contribution in [3.63, 3.8) is 0 Å². The van der Waals surface area contributed by atoms with Crippen molar-refractivity contribution >= 4 is 11.6 Å². The Morgan fingerprint density at radius 1 is 1.41 bits per heavy atom. The molecule has 0 aromatic heterocycles. The highest BCUT2D eigenvalue weighted by Gasteiger charge is 2.31.